The molecule has 0 unspecified atom stereocenters. The smallest absolute Gasteiger partial charge is 0.203 e. The fourth-order valence-electron chi connectivity index (χ4n) is 2.71. The van der Waals surface area contributed by atoms with Gasteiger partial charge in [-0.1, -0.05) is 6.92 Å². The Morgan fingerprint density at radius 2 is 2.11 bits per heavy atom. The number of aromatic hydroxyl groups is 1. The zero-order valence-electron chi connectivity index (χ0n) is 10.6. The van der Waals surface area contributed by atoms with Crippen LogP contribution in [0.25, 0.3) is 5.65 Å². The van der Waals surface area contributed by atoms with Gasteiger partial charge in [0.15, 0.2) is 5.75 Å². The summed E-state index contributed by atoms with van der Waals surface area (Å²) in [5.41, 5.74) is 0.561. The van der Waals surface area contributed by atoms with E-state index in [1.54, 1.807) is 6.07 Å². The standard InChI is InChI=1S/C13H18N4O/c1-2-16-8-5-10(6-9-16)12-14-15-13-11(18)4-3-7-17(12)13/h3-4,7,10,18H,2,5-6,8-9H2,1H3. The van der Waals surface area contributed by atoms with Crippen LogP contribution in [0.15, 0.2) is 18.3 Å². The van der Waals surface area contributed by atoms with Gasteiger partial charge in [-0.3, -0.25) is 4.40 Å². The number of pyridine rings is 1. The molecule has 1 fully saturated rings. The first-order valence-electron chi connectivity index (χ1n) is 6.54. The van der Waals surface area contributed by atoms with Crippen LogP contribution in [0.2, 0.25) is 0 Å². The van der Waals surface area contributed by atoms with E-state index in [9.17, 15) is 5.11 Å². The Morgan fingerprint density at radius 3 is 2.83 bits per heavy atom. The molecule has 0 bridgehead atoms. The molecule has 1 N–H and O–H groups in total. The van der Waals surface area contributed by atoms with E-state index in [1.807, 2.05) is 16.7 Å². The Morgan fingerprint density at radius 1 is 1.33 bits per heavy atom. The summed E-state index contributed by atoms with van der Waals surface area (Å²) in [6.07, 6.45) is 4.16. The van der Waals surface area contributed by atoms with Gasteiger partial charge in [0.2, 0.25) is 5.65 Å². The molecule has 0 spiro atoms. The predicted molar refractivity (Wildman–Crippen MR) is 68.7 cm³/mol. The molecule has 2 aromatic rings. The first kappa shape index (κ1) is 11.5. The maximum absolute atomic E-state index is 9.73. The van der Waals surface area contributed by atoms with Crippen LogP contribution >= 0.6 is 0 Å². The lowest BCUT2D eigenvalue weighted by atomic mass is 9.96. The maximum Gasteiger partial charge on any atom is 0.203 e. The van der Waals surface area contributed by atoms with Gasteiger partial charge in [-0.25, -0.2) is 0 Å². The van der Waals surface area contributed by atoms with Crippen molar-refractivity contribution in [1.29, 1.82) is 0 Å². The minimum absolute atomic E-state index is 0.197. The Bertz CT molecular complexity index is 543. The van der Waals surface area contributed by atoms with Crippen molar-refractivity contribution in [3.8, 4) is 5.75 Å². The average Bonchev–Trinajstić information content (AvgIpc) is 2.84. The van der Waals surface area contributed by atoms with E-state index >= 15 is 0 Å². The van der Waals surface area contributed by atoms with Gasteiger partial charge >= 0.3 is 0 Å². The number of rotatable bonds is 2. The van der Waals surface area contributed by atoms with E-state index in [2.05, 4.69) is 22.0 Å². The SMILES string of the molecule is CCN1CCC(c2nnc3c(O)cccn23)CC1. The van der Waals surface area contributed by atoms with Crippen molar-refractivity contribution in [2.45, 2.75) is 25.7 Å². The molecule has 0 amide bonds. The molecular weight excluding hydrogens is 228 g/mol. The number of nitrogens with zero attached hydrogens (tertiary/aromatic N) is 4. The normalized spacial score (nSPS) is 18.5. The van der Waals surface area contributed by atoms with Crippen molar-refractivity contribution in [3.63, 3.8) is 0 Å². The second-order valence-electron chi connectivity index (χ2n) is 4.85. The highest BCUT2D eigenvalue weighted by molar-refractivity contribution is 5.52. The molecule has 1 aliphatic rings. The molecular formula is C13H18N4O. The zero-order chi connectivity index (χ0) is 12.5. The minimum atomic E-state index is 0.197. The van der Waals surface area contributed by atoms with Crippen LogP contribution in [-0.4, -0.2) is 44.2 Å². The molecule has 5 heteroatoms. The molecule has 0 saturated carbocycles. The van der Waals surface area contributed by atoms with E-state index in [-0.39, 0.29) is 5.75 Å². The van der Waals surface area contributed by atoms with Crippen molar-refractivity contribution in [2.75, 3.05) is 19.6 Å². The minimum Gasteiger partial charge on any atom is -0.504 e. The van der Waals surface area contributed by atoms with Crippen molar-refractivity contribution in [2.24, 2.45) is 0 Å². The van der Waals surface area contributed by atoms with Gasteiger partial charge in [-0.2, -0.15) is 0 Å². The Labute approximate surface area is 106 Å². The fourth-order valence-corrected chi connectivity index (χ4v) is 2.71. The van der Waals surface area contributed by atoms with E-state index in [0.29, 0.717) is 11.6 Å². The summed E-state index contributed by atoms with van der Waals surface area (Å²) >= 11 is 0. The monoisotopic (exact) mass is 246 g/mol. The molecule has 3 rings (SSSR count). The second kappa shape index (κ2) is 4.57. The van der Waals surface area contributed by atoms with Gasteiger partial charge in [-0.05, 0) is 44.6 Å². The van der Waals surface area contributed by atoms with Crippen LogP contribution < -0.4 is 0 Å². The summed E-state index contributed by atoms with van der Waals surface area (Å²) in [5, 5.41) is 18.1. The van der Waals surface area contributed by atoms with Crippen LogP contribution in [0.3, 0.4) is 0 Å². The summed E-state index contributed by atoms with van der Waals surface area (Å²) < 4.78 is 1.92. The first-order valence-corrected chi connectivity index (χ1v) is 6.54. The lowest BCUT2D eigenvalue weighted by molar-refractivity contribution is 0.218. The number of hydrogen-bond donors (Lipinski definition) is 1. The fraction of sp³-hybridized carbons (Fsp3) is 0.538. The van der Waals surface area contributed by atoms with Crippen molar-refractivity contribution >= 4 is 5.65 Å². The van der Waals surface area contributed by atoms with Crippen molar-refractivity contribution < 1.29 is 5.11 Å². The molecule has 0 aromatic carbocycles. The quantitative estimate of drug-likeness (QED) is 0.875. The molecule has 3 heterocycles. The van der Waals surface area contributed by atoms with Crippen molar-refractivity contribution in [1.82, 2.24) is 19.5 Å². The third-order valence-electron chi connectivity index (χ3n) is 3.84. The topological polar surface area (TPSA) is 53.7 Å². The Balaban J connectivity index is 1.89. The third kappa shape index (κ3) is 1.84. The van der Waals surface area contributed by atoms with Crippen LogP contribution in [0.5, 0.6) is 5.75 Å². The highest BCUT2D eigenvalue weighted by Crippen LogP contribution is 2.28. The largest absolute Gasteiger partial charge is 0.504 e. The zero-order valence-corrected chi connectivity index (χ0v) is 10.6. The van der Waals surface area contributed by atoms with Crippen LogP contribution in [0.1, 0.15) is 31.5 Å². The van der Waals surface area contributed by atoms with Crippen LogP contribution in [0, 0.1) is 0 Å². The number of aromatic nitrogens is 3. The summed E-state index contributed by atoms with van der Waals surface area (Å²) in [6.45, 7) is 5.56. The molecule has 0 aliphatic carbocycles. The molecule has 96 valence electrons. The number of hydrogen-bond acceptors (Lipinski definition) is 4. The third-order valence-corrected chi connectivity index (χ3v) is 3.84. The van der Waals surface area contributed by atoms with E-state index < -0.39 is 0 Å². The van der Waals surface area contributed by atoms with Crippen molar-refractivity contribution in [3.05, 3.63) is 24.2 Å². The predicted octanol–water partition coefficient (Wildman–Crippen LogP) is 1.63. The number of piperidine rings is 1. The van der Waals surface area contributed by atoms with Gasteiger partial charge in [0.05, 0.1) is 0 Å². The average molecular weight is 246 g/mol. The van der Waals surface area contributed by atoms with Crippen LogP contribution in [0.4, 0.5) is 0 Å². The van der Waals surface area contributed by atoms with Gasteiger partial charge in [0, 0.05) is 12.1 Å². The molecule has 1 aliphatic heterocycles. The lowest BCUT2D eigenvalue weighted by Gasteiger charge is -2.30. The lowest BCUT2D eigenvalue weighted by Crippen LogP contribution is -2.33. The van der Waals surface area contributed by atoms with Gasteiger partial charge < -0.3 is 10.0 Å². The summed E-state index contributed by atoms with van der Waals surface area (Å²) in [4.78, 5) is 2.46. The Kier molecular flexibility index (Phi) is 2.91. The molecule has 18 heavy (non-hydrogen) atoms. The molecule has 0 radical (unpaired) electrons. The highest BCUT2D eigenvalue weighted by atomic mass is 16.3. The highest BCUT2D eigenvalue weighted by Gasteiger charge is 2.24. The molecule has 2 aromatic heterocycles. The molecule has 1 saturated heterocycles. The van der Waals surface area contributed by atoms with E-state index in [4.69, 9.17) is 0 Å². The van der Waals surface area contributed by atoms with Crippen LogP contribution in [-0.2, 0) is 0 Å². The van der Waals surface area contributed by atoms with Gasteiger partial charge in [0.1, 0.15) is 5.82 Å². The number of fused-ring (bicyclic) bond motifs is 1. The van der Waals surface area contributed by atoms with E-state index in [1.165, 1.54) is 0 Å². The number of likely N-dealkylation sites (tertiary alicyclic amines) is 1. The van der Waals surface area contributed by atoms with E-state index in [0.717, 1.165) is 38.3 Å². The Hall–Kier alpha value is -1.62. The second-order valence-corrected chi connectivity index (χ2v) is 4.85. The molecule has 0 atom stereocenters. The van der Waals surface area contributed by atoms with Gasteiger partial charge in [0.25, 0.3) is 0 Å². The summed E-state index contributed by atoms with van der Waals surface area (Å²) in [7, 11) is 0. The maximum atomic E-state index is 9.73. The summed E-state index contributed by atoms with van der Waals surface area (Å²) in [6, 6.07) is 3.48. The molecule has 5 nitrogen and oxygen atoms in total. The van der Waals surface area contributed by atoms with Gasteiger partial charge in [-0.15, -0.1) is 10.2 Å². The summed E-state index contributed by atoms with van der Waals surface area (Å²) in [5.74, 6) is 1.63. The first-order chi connectivity index (χ1) is 8.79.